The molecule has 1 atom stereocenters. The van der Waals surface area contributed by atoms with Crippen LogP contribution in [0.25, 0.3) is 0 Å². The average Bonchev–Trinajstić information content (AvgIpc) is 2.17. The molecule has 0 radical (unpaired) electrons. The van der Waals surface area contributed by atoms with E-state index in [4.69, 9.17) is 9.84 Å². The van der Waals surface area contributed by atoms with Crippen LogP contribution in [0.15, 0.2) is 0 Å². The number of methoxy groups -OCH3 is 1. The van der Waals surface area contributed by atoms with E-state index in [2.05, 4.69) is 4.90 Å². The van der Waals surface area contributed by atoms with Crippen molar-refractivity contribution in [1.82, 2.24) is 4.90 Å². The van der Waals surface area contributed by atoms with Gasteiger partial charge in [-0.05, 0) is 25.9 Å². The standard InChI is InChI=1S/C9H17NO3/c1-3-10-6-4-5-9(7-10,13-2)8(11)12/h3-7H2,1-2H3,(H,11,12). The highest BCUT2D eigenvalue weighted by Gasteiger charge is 2.42. The number of carboxylic acid groups (broad SMARTS) is 1. The molecular formula is C9H17NO3. The second-order valence-electron chi connectivity index (χ2n) is 3.48. The lowest BCUT2D eigenvalue weighted by atomic mass is 9.93. The summed E-state index contributed by atoms with van der Waals surface area (Å²) in [5, 5.41) is 9.05. The summed E-state index contributed by atoms with van der Waals surface area (Å²) in [5.74, 6) is -0.840. The zero-order valence-electron chi connectivity index (χ0n) is 8.25. The molecule has 0 spiro atoms. The van der Waals surface area contributed by atoms with Gasteiger partial charge in [0.15, 0.2) is 5.60 Å². The predicted molar refractivity (Wildman–Crippen MR) is 48.7 cm³/mol. The Kier molecular flexibility index (Phi) is 3.27. The number of carboxylic acids is 1. The Balaban J connectivity index is 2.69. The second-order valence-corrected chi connectivity index (χ2v) is 3.48. The summed E-state index contributed by atoms with van der Waals surface area (Å²) in [6.07, 6.45) is 1.52. The molecule has 0 saturated carbocycles. The number of piperidine rings is 1. The van der Waals surface area contributed by atoms with E-state index >= 15 is 0 Å². The first kappa shape index (κ1) is 10.5. The summed E-state index contributed by atoms with van der Waals surface area (Å²) in [6.45, 7) is 4.41. The van der Waals surface area contributed by atoms with Gasteiger partial charge in [-0.3, -0.25) is 0 Å². The van der Waals surface area contributed by atoms with Crippen molar-refractivity contribution in [2.24, 2.45) is 0 Å². The van der Waals surface area contributed by atoms with Gasteiger partial charge in [0.05, 0.1) is 0 Å². The van der Waals surface area contributed by atoms with Crippen LogP contribution in [0.3, 0.4) is 0 Å². The van der Waals surface area contributed by atoms with E-state index in [1.54, 1.807) is 0 Å². The van der Waals surface area contributed by atoms with Gasteiger partial charge in [0, 0.05) is 13.7 Å². The fourth-order valence-electron chi connectivity index (χ4n) is 1.81. The molecule has 1 rings (SSSR count). The highest BCUT2D eigenvalue weighted by atomic mass is 16.5. The Bertz CT molecular complexity index is 195. The van der Waals surface area contributed by atoms with Crippen LogP contribution in [-0.4, -0.2) is 48.3 Å². The van der Waals surface area contributed by atoms with Gasteiger partial charge in [0.2, 0.25) is 0 Å². The first-order chi connectivity index (χ1) is 6.14. The molecule has 1 heterocycles. The van der Waals surface area contributed by atoms with Crippen molar-refractivity contribution in [2.75, 3.05) is 26.7 Å². The Morgan fingerprint density at radius 3 is 2.85 bits per heavy atom. The van der Waals surface area contributed by atoms with Crippen LogP contribution in [-0.2, 0) is 9.53 Å². The largest absolute Gasteiger partial charge is 0.479 e. The van der Waals surface area contributed by atoms with Crippen molar-refractivity contribution in [2.45, 2.75) is 25.4 Å². The number of hydrogen-bond donors (Lipinski definition) is 1. The minimum Gasteiger partial charge on any atom is -0.479 e. The molecule has 4 nitrogen and oxygen atoms in total. The van der Waals surface area contributed by atoms with Gasteiger partial charge < -0.3 is 14.7 Å². The van der Waals surface area contributed by atoms with Crippen molar-refractivity contribution in [1.29, 1.82) is 0 Å². The molecule has 0 aromatic carbocycles. The van der Waals surface area contributed by atoms with E-state index in [1.807, 2.05) is 6.92 Å². The molecule has 0 amide bonds. The van der Waals surface area contributed by atoms with Crippen molar-refractivity contribution in [3.05, 3.63) is 0 Å². The minimum absolute atomic E-state index is 0.509. The molecule has 0 aliphatic carbocycles. The van der Waals surface area contributed by atoms with E-state index in [9.17, 15) is 4.79 Å². The number of likely N-dealkylation sites (tertiary alicyclic amines) is 1. The number of ether oxygens (including phenoxy) is 1. The van der Waals surface area contributed by atoms with Gasteiger partial charge in [-0.1, -0.05) is 6.92 Å². The molecule has 1 saturated heterocycles. The summed E-state index contributed by atoms with van der Waals surface area (Å²) in [7, 11) is 1.48. The van der Waals surface area contributed by atoms with Gasteiger partial charge >= 0.3 is 5.97 Å². The Morgan fingerprint density at radius 2 is 2.38 bits per heavy atom. The van der Waals surface area contributed by atoms with Crippen molar-refractivity contribution in [3.8, 4) is 0 Å². The predicted octanol–water partition coefficient (Wildman–Crippen LogP) is 0.572. The maximum absolute atomic E-state index is 11.0. The zero-order chi connectivity index (χ0) is 9.90. The molecule has 1 N–H and O–H groups in total. The van der Waals surface area contributed by atoms with E-state index < -0.39 is 11.6 Å². The third-order valence-electron chi connectivity index (χ3n) is 2.76. The average molecular weight is 187 g/mol. The number of nitrogens with zero attached hydrogens (tertiary/aromatic N) is 1. The Hall–Kier alpha value is -0.610. The smallest absolute Gasteiger partial charge is 0.337 e. The van der Waals surface area contributed by atoms with Crippen LogP contribution < -0.4 is 0 Å². The molecule has 0 bridgehead atoms. The third-order valence-corrected chi connectivity index (χ3v) is 2.76. The van der Waals surface area contributed by atoms with E-state index in [-0.39, 0.29) is 0 Å². The van der Waals surface area contributed by atoms with Crippen LogP contribution >= 0.6 is 0 Å². The summed E-state index contributed by atoms with van der Waals surface area (Å²) >= 11 is 0. The van der Waals surface area contributed by atoms with Gasteiger partial charge in [0.25, 0.3) is 0 Å². The van der Waals surface area contributed by atoms with Crippen LogP contribution in [0.2, 0.25) is 0 Å². The first-order valence-electron chi connectivity index (χ1n) is 4.65. The molecule has 13 heavy (non-hydrogen) atoms. The monoisotopic (exact) mass is 187 g/mol. The fourth-order valence-corrected chi connectivity index (χ4v) is 1.81. The van der Waals surface area contributed by atoms with E-state index in [0.717, 1.165) is 19.5 Å². The molecule has 76 valence electrons. The van der Waals surface area contributed by atoms with Crippen LogP contribution in [0.5, 0.6) is 0 Å². The van der Waals surface area contributed by atoms with E-state index in [0.29, 0.717) is 13.0 Å². The highest BCUT2D eigenvalue weighted by Crippen LogP contribution is 2.24. The van der Waals surface area contributed by atoms with Crippen molar-refractivity contribution >= 4 is 5.97 Å². The number of likely N-dealkylation sites (N-methyl/N-ethyl adjacent to an activating group) is 1. The van der Waals surface area contributed by atoms with Gasteiger partial charge in [-0.2, -0.15) is 0 Å². The minimum atomic E-state index is -0.964. The second kappa shape index (κ2) is 4.07. The van der Waals surface area contributed by atoms with Crippen LogP contribution in [0, 0.1) is 0 Å². The number of aliphatic carboxylic acids is 1. The molecule has 1 aliphatic heterocycles. The topological polar surface area (TPSA) is 49.8 Å². The van der Waals surface area contributed by atoms with E-state index in [1.165, 1.54) is 7.11 Å². The normalized spacial score (nSPS) is 30.3. The molecule has 1 unspecified atom stereocenters. The third kappa shape index (κ3) is 2.00. The van der Waals surface area contributed by atoms with Gasteiger partial charge in [-0.15, -0.1) is 0 Å². The fraction of sp³-hybridized carbons (Fsp3) is 0.889. The van der Waals surface area contributed by atoms with Crippen molar-refractivity contribution in [3.63, 3.8) is 0 Å². The quantitative estimate of drug-likeness (QED) is 0.702. The lowest BCUT2D eigenvalue weighted by Gasteiger charge is -2.38. The summed E-state index contributed by atoms with van der Waals surface area (Å²) in [4.78, 5) is 13.1. The molecule has 0 aromatic rings. The summed E-state index contributed by atoms with van der Waals surface area (Å²) < 4.78 is 5.13. The molecule has 4 heteroatoms. The SMILES string of the molecule is CCN1CCCC(OC)(C(=O)O)C1. The van der Waals surface area contributed by atoms with Gasteiger partial charge in [0.1, 0.15) is 0 Å². The molecule has 0 aromatic heterocycles. The Morgan fingerprint density at radius 1 is 1.69 bits per heavy atom. The van der Waals surface area contributed by atoms with Crippen molar-refractivity contribution < 1.29 is 14.6 Å². The summed E-state index contributed by atoms with van der Waals surface area (Å²) in [5.41, 5.74) is -0.964. The summed E-state index contributed by atoms with van der Waals surface area (Å²) in [6, 6.07) is 0. The first-order valence-corrected chi connectivity index (χ1v) is 4.65. The highest BCUT2D eigenvalue weighted by molar-refractivity contribution is 5.78. The lowest BCUT2D eigenvalue weighted by molar-refractivity contribution is -0.169. The molecule has 1 aliphatic rings. The number of rotatable bonds is 3. The molecular weight excluding hydrogens is 170 g/mol. The number of carbonyl (C=O) groups is 1. The lowest BCUT2D eigenvalue weighted by Crippen LogP contribution is -2.54. The van der Waals surface area contributed by atoms with Crippen LogP contribution in [0.4, 0.5) is 0 Å². The maximum atomic E-state index is 11.0. The maximum Gasteiger partial charge on any atom is 0.337 e. The van der Waals surface area contributed by atoms with Crippen LogP contribution in [0.1, 0.15) is 19.8 Å². The van der Waals surface area contributed by atoms with Gasteiger partial charge in [-0.25, -0.2) is 4.79 Å². The molecule has 1 fully saturated rings. The Labute approximate surface area is 78.5 Å². The number of hydrogen-bond acceptors (Lipinski definition) is 3. The zero-order valence-corrected chi connectivity index (χ0v) is 8.25.